The number of nitrogens with zero attached hydrogens (tertiary/aromatic N) is 5. The highest BCUT2D eigenvalue weighted by Gasteiger charge is 2.33. The number of benzene rings is 1. The second-order valence-electron chi connectivity index (χ2n) is 7.47. The Balaban J connectivity index is 1.52. The molecule has 1 N–H and O–H groups in total. The Morgan fingerprint density at radius 3 is 2.76 bits per heavy atom. The van der Waals surface area contributed by atoms with E-state index in [-0.39, 0.29) is 18.0 Å². The Bertz CT molecular complexity index is 1000. The zero-order valence-corrected chi connectivity index (χ0v) is 17.2. The molecule has 29 heavy (non-hydrogen) atoms. The van der Waals surface area contributed by atoms with E-state index >= 15 is 0 Å². The van der Waals surface area contributed by atoms with Crippen molar-refractivity contribution in [1.29, 1.82) is 0 Å². The number of hydrogen-bond acceptors (Lipinski definition) is 5. The van der Waals surface area contributed by atoms with Crippen LogP contribution < -0.4 is 10.2 Å². The summed E-state index contributed by atoms with van der Waals surface area (Å²) in [5, 5.41) is 12.5. The van der Waals surface area contributed by atoms with Crippen molar-refractivity contribution in [1.82, 2.24) is 20.1 Å². The minimum Gasteiger partial charge on any atom is -0.351 e. The zero-order chi connectivity index (χ0) is 20.4. The first-order valence-electron chi connectivity index (χ1n) is 9.68. The van der Waals surface area contributed by atoms with Crippen molar-refractivity contribution in [2.24, 2.45) is 5.92 Å². The van der Waals surface area contributed by atoms with E-state index in [2.05, 4.69) is 39.2 Å². The third-order valence-electron chi connectivity index (χ3n) is 5.28. The summed E-state index contributed by atoms with van der Waals surface area (Å²) in [4.78, 5) is 21.6. The molecule has 0 saturated carbocycles. The molecule has 2 amide bonds. The highest BCUT2D eigenvalue weighted by molar-refractivity contribution is 6.29. The molecule has 3 aromatic rings. The lowest BCUT2D eigenvalue weighted by Gasteiger charge is -2.43. The molecular formula is C21H23ClN6O. The first-order chi connectivity index (χ1) is 14.0. The van der Waals surface area contributed by atoms with Crippen LogP contribution in [0.25, 0.3) is 10.9 Å². The molecule has 0 bridgehead atoms. The predicted molar refractivity (Wildman–Crippen MR) is 115 cm³/mol. The van der Waals surface area contributed by atoms with E-state index < -0.39 is 0 Å². The van der Waals surface area contributed by atoms with Crippen molar-refractivity contribution < 1.29 is 4.79 Å². The van der Waals surface area contributed by atoms with E-state index in [0.29, 0.717) is 24.8 Å². The summed E-state index contributed by atoms with van der Waals surface area (Å²) >= 11 is 5.86. The average molecular weight is 411 g/mol. The number of hydrogen-bond donors (Lipinski definition) is 1. The fraction of sp³-hybridized carbons (Fsp3) is 0.333. The van der Waals surface area contributed by atoms with Crippen LogP contribution in [0, 0.1) is 5.92 Å². The summed E-state index contributed by atoms with van der Waals surface area (Å²) in [6, 6.07) is 13.2. The van der Waals surface area contributed by atoms with Gasteiger partial charge in [-0.2, -0.15) is 0 Å². The van der Waals surface area contributed by atoms with Gasteiger partial charge in [0.05, 0.1) is 17.2 Å². The Morgan fingerprint density at radius 2 is 2.00 bits per heavy atom. The van der Waals surface area contributed by atoms with Crippen LogP contribution in [0.5, 0.6) is 0 Å². The van der Waals surface area contributed by atoms with Gasteiger partial charge in [-0.3, -0.25) is 4.98 Å². The van der Waals surface area contributed by atoms with Gasteiger partial charge in [-0.05, 0) is 42.3 Å². The number of anilines is 2. The highest BCUT2D eigenvalue weighted by atomic mass is 35.5. The molecular weight excluding hydrogens is 388 g/mol. The van der Waals surface area contributed by atoms with E-state index in [1.54, 1.807) is 12.3 Å². The van der Waals surface area contributed by atoms with Crippen LogP contribution in [0.1, 0.15) is 13.8 Å². The number of halogens is 1. The minimum atomic E-state index is -0.0955. The van der Waals surface area contributed by atoms with Crippen LogP contribution in [0.4, 0.5) is 16.3 Å². The summed E-state index contributed by atoms with van der Waals surface area (Å²) in [5.41, 5.74) is 1.63. The standard InChI is InChI=1S/C21H23ClN6O/c1-14(2)18-13-27(20-9-8-19(22)25-26-20)11-12-28(18)21(29)24-17-7-3-6-16-15(17)5-4-10-23-16/h3-10,14,18H,11-13H2,1-2H3,(H,24,29). The quantitative estimate of drug-likeness (QED) is 0.704. The molecule has 1 unspecified atom stereocenters. The molecule has 1 saturated heterocycles. The minimum absolute atomic E-state index is 0.0503. The summed E-state index contributed by atoms with van der Waals surface area (Å²) in [6.45, 7) is 6.23. The molecule has 7 nitrogen and oxygen atoms in total. The van der Waals surface area contributed by atoms with Crippen LogP contribution in [0.15, 0.2) is 48.7 Å². The molecule has 1 atom stereocenters. The van der Waals surface area contributed by atoms with Crippen molar-refractivity contribution in [2.75, 3.05) is 29.9 Å². The Labute approximate surface area is 174 Å². The third kappa shape index (κ3) is 4.10. The first kappa shape index (κ1) is 19.4. The topological polar surface area (TPSA) is 74.2 Å². The van der Waals surface area contributed by atoms with Crippen molar-refractivity contribution in [3.05, 3.63) is 53.8 Å². The van der Waals surface area contributed by atoms with E-state index in [9.17, 15) is 4.79 Å². The van der Waals surface area contributed by atoms with Crippen molar-refractivity contribution in [2.45, 2.75) is 19.9 Å². The fourth-order valence-corrected chi connectivity index (χ4v) is 3.82. The molecule has 0 radical (unpaired) electrons. The predicted octanol–water partition coefficient (Wildman–Crippen LogP) is 4.06. The lowest BCUT2D eigenvalue weighted by molar-refractivity contribution is 0.156. The van der Waals surface area contributed by atoms with Crippen molar-refractivity contribution >= 4 is 40.0 Å². The van der Waals surface area contributed by atoms with Crippen LogP contribution in [-0.4, -0.2) is 51.8 Å². The number of fused-ring (bicyclic) bond motifs is 1. The van der Waals surface area contributed by atoms with Crippen LogP contribution in [0.3, 0.4) is 0 Å². The number of aromatic nitrogens is 3. The Morgan fingerprint density at radius 1 is 1.14 bits per heavy atom. The van der Waals surface area contributed by atoms with Gasteiger partial charge in [0.1, 0.15) is 0 Å². The molecule has 1 fully saturated rings. The molecule has 4 rings (SSSR count). The van der Waals surface area contributed by atoms with Gasteiger partial charge in [-0.15, -0.1) is 10.2 Å². The molecule has 1 aromatic carbocycles. The number of carbonyl (C=O) groups is 1. The summed E-state index contributed by atoms with van der Waals surface area (Å²) in [6.07, 6.45) is 1.75. The van der Waals surface area contributed by atoms with Gasteiger partial charge in [0, 0.05) is 31.2 Å². The second kappa shape index (κ2) is 8.21. The number of pyridine rings is 1. The SMILES string of the molecule is CC(C)C1CN(c2ccc(Cl)nn2)CCN1C(=O)Nc1cccc2ncccc12. The van der Waals surface area contributed by atoms with Gasteiger partial charge < -0.3 is 15.1 Å². The van der Waals surface area contributed by atoms with E-state index in [0.717, 1.165) is 22.4 Å². The van der Waals surface area contributed by atoms with E-state index in [1.165, 1.54) is 0 Å². The Hall–Kier alpha value is -2.93. The number of urea groups is 1. The normalized spacial score (nSPS) is 17.0. The average Bonchev–Trinajstić information content (AvgIpc) is 2.74. The van der Waals surface area contributed by atoms with Gasteiger partial charge in [-0.25, -0.2) is 4.79 Å². The smallest absolute Gasteiger partial charge is 0.322 e. The first-order valence-corrected chi connectivity index (χ1v) is 10.1. The maximum absolute atomic E-state index is 13.1. The molecule has 3 heterocycles. The molecule has 150 valence electrons. The lowest BCUT2D eigenvalue weighted by atomic mass is 10.00. The molecule has 1 aliphatic rings. The van der Waals surface area contributed by atoms with Crippen molar-refractivity contribution in [3.63, 3.8) is 0 Å². The van der Waals surface area contributed by atoms with Gasteiger partial charge >= 0.3 is 6.03 Å². The van der Waals surface area contributed by atoms with Crippen LogP contribution in [-0.2, 0) is 0 Å². The van der Waals surface area contributed by atoms with Gasteiger partial charge in [-0.1, -0.05) is 31.5 Å². The number of nitrogens with one attached hydrogen (secondary N) is 1. The van der Waals surface area contributed by atoms with Crippen molar-refractivity contribution in [3.8, 4) is 0 Å². The maximum Gasteiger partial charge on any atom is 0.322 e. The van der Waals surface area contributed by atoms with Crippen LogP contribution in [0.2, 0.25) is 5.15 Å². The Kier molecular flexibility index (Phi) is 5.49. The fourth-order valence-electron chi connectivity index (χ4n) is 3.72. The molecule has 8 heteroatoms. The van der Waals surface area contributed by atoms with Gasteiger partial charge in [0.15, 0.2) is 11.0 Å². The molecule has 2 aromatic heterocycles. The number of rotatable bonds is 3. The highest BCUT2D eigenvalue weighted by Crippen LogP contribution is 2.25. The maximum atomic E-state index is 13.1. The number of amides is 2. The lowest BCUT2D eigenvalue weighted by Crippen LogP contribution is -2.58. The van der Waals surface area contributed by atoms with Crippen LogP contribution >= 0.6 is 11.6 Å². The molecule has 1 aliphatic heterocycles. The van der Waals surface area contributed by atoms with Gasteiger partial charge in [0.2, 0.25) is 0 Å². The van der Waals surface area contributed by atoms with Gasteiger partial charge in [0.25, 0.3) is 0 Å². The van der Waals surface area contributed by atoms with E-state index in [1.807, 2.05) is 41.3 Å². The van der Waals surface area contributed by atoms with E-state index in [4.69, 9.17) is 11.6 Å². The largest absolute Gasteiger partial charge is 0.351 e. The summed E-state index contributed by atoms with van der Waals surface area (Å²) in [7, 11) is 0. The molecule has 0 spiro atoms. The second-order valence-corrected chi connectivity index (χ2v) is 7.86. The monoisotopic (exact) mass is 410 g/mol. The summed E-state index contributed by atoms with van der Waals surface area (Å²) in [5.74, 6) is 1.07. The molecule has 0 aliphatic carbocycles. The zero-order valence-electron chi connectivity index (χ0n) is 16.4. The summed E-state index contributed by atoms with van der Waals surface area (Å²) < 4.78 is 0. The third-order valence-corrected chi connectivity index (χ3v) is 5.48. The number of carbonyl (C=O) groups excluding carboxylic acids is 1. The number of piperazine rings is 1.